The monoisotopic (exact) mass is 403 g/mol. The first-order valence-corrected chi connectivity index (χ1v) is 9.20. The van der Waals surface area contributed by atoms with Crippen LogP contribution in [-0.4, -0.2) is 42.2 Å². The van der Waals surface area contributed by atoms with Gasteiger partial charge in [0.1, 0.15) is 0 Å². The SMILES string of the molecule is COCc1ccccc1COC1CCN(C)C(CCI)C1. The third kappa shape index (κ3) is 5.20. The Bertz CT molecular complexity index is 427. The van der Waals surface area contributed by atoms with Crippen molar-refractivity contribution < 1.29 is 9.47 Å². The number of likely N-dealkylation sites (tertiary alicyclic amines) is 1. The largest absolute Gasteiger partial charge is 0.380 e. The van der Waals surface area contributed by atoms with Crippen molar-refractivity contribution in [3.8, 4) is 0 Å². The van der Waals surface area contributed by atoms with Crippen molar-refractivity contribution in [3.63, 3.8) is 0 Å². The van der Waals surface area contributed by atoms with Crippen LogP contribution in [0.25, 0.3) is 0 Å². The average molecular weight is 403 g/mol. The lowest BCUT2D eigenvalue weighted by atomic mass is 9.98. The molecule has 0 radical (unpaired) electrons. The van der Waals surface area contributed by atoms with Gasteiger partial charge in [-0.1, -0.05) is 46.9 Å². The van der Waals surface area contributed by atoms with Crippen LogP contribution in [-0.2, 0) is 22.7 Å². The summed E-state index contributed by atoms with van der Waals surface area (Å²) >= 11 is 2.47. The lowest BCUT2D eigenvalue weighted by Gasteiger charge is -2.37. The molecule has 1 saturated heterocycles. The zero-order valence-electron chi connectivity index (χ0n) is 13.1. The molecule has 2 unspecified atom stereocenters. The summed E-state index contributed by atoms with van der Waals surface area (Å²) in [5.41, 5.74) is 2.49. The number of benzene rings is 1. The number of halogens is 1. The van der Waals surface area contributed by atoms with Crippen molar-refractivity contribution in [3.05, 3.63) is 35.4 Å². The third-order valence-electron chi connectivity index (χ3n) is 4.30. The fourth-order valence-electron chi connectivity index (χ4n) is 2.95. The number of hydrogen-bond acceptors (Lipinski definition) is 3. The molecule has 1 aromatic carbocycles. The summed E-state index contributed by atoms with van der Waals surface area (Å²) < 4.78 is 12.7. The highest BCUT2D eigenvalue weighted by atomic mass is 127. The lowest BCUT2D eigenvalue weighted by molar-refractivity contribution is -0.0184. The minimum absolute atomic E-state index is 0.393. The molecule has 2 atom stereocenters. The van der Waals surface area contributed by atoms with E-state index < -0.39 is 0 Å². The number of methoxy groups -OCH3 is 1. The maximum atomic E-state index is 6.20. The highest BCUT2D eigenvalue weighted by molar-refractivity contribution is 14.1. The van der Waals surface area contributed by atoms with E-state index in [1.807, 2.05) is 0 Å². The Hall–Kier alpha value is -0.170. The quantitative estimate of drug-likeness (QED) is 0.513. The summed E-state index contributed by atoms with van der Waals surface area (Å²) in [6.45, 7) is 2.50. The molecule has 1 aromatic rings. The van der Waals surface area contributed by atoms with E-state index in [0.29, 0.717) is 25.4 Å². The predicted octanol–water partition coefficient (Wildman–Crippen LogP) is 3.64. The summed E-state index contributed by atoms with van der Waals surface area (Å²) in [5, 5.41) is 0. The molecule has 1 heterocycles. The Kier molecular flexibility index (Phi) is 7.43. The van der Waals surface area contributed by atoms with Gasteiger partial charge in [0, 0.05) is 24.1 Å². The highest BCUT2D eigenvalue weighted by Gasteiger charge is 2.26. The lowest BCUT2D eigenvalue weighted by Crippen LogP contribution is -2.42. The number of rotatable bonds is 7. The number of alkyl halides is 1. The Morgan fingerprint density at radius 2 is 1.95 bits per heavy atom. The van der Waals surface area contributed by atoms with E-state index in [4.69, 9.17) is 9.47 Å². The number of nitrogens with zero attached hydrogens (tertiary/aromatic N) is 1. The summed E-state index contributed by atoms with van der Waals surface area (Å²) in [7, 11) is 3.98. The minimum atomic E-state index is 0.393. The van der Waals surface area contributed by atoms with Crippen molar-refractivity contribution in [2.24, 2.45) is 0 Å². The van der Waals surface area contributed by atoms with Crippen LogP contribution in [0.15, 0.2) is 24.3 Å². The molecule has 2 rings (SSSR count). The molecule has 0 spiro atoms. The molecule has 0 N–H and O–H groups in total. The zero-order valence-corrected chi connectivity index (χ0v) is 15.2. The molecule has 4 heteroatoms. The molecular weight excluding hydrogens is 377 g/mol. The molecule has 21 heavy (non-hydrogen) atoms. The van der Waals surface area contributed by atoms with Crippen molar-refractivity contribution in [1.82, 2.24) is 4.90 Å². The van der Waals surface area contributed by atoms with Gasteiger partial charge in [-0.15, -0.1) is 0 Å². The maximum Gasteiger partial charge on any atom is 0.0724 e. The second-order valence-electron chi connectivity index (χ2n) is 5.77. The van der Waals surface area contributed by atoms with Crippen LogP contribution in [0.4, 0.5) is 0 Å². The van der Waals surface area contributed by atoms with Gasteiger partial charge in [-0.3, -0.25) is 0 Å². The van der Waals surface area contributed by atoms with E-state index in [1.54, 1.807) is 7.11 Å². The average Bonchev–Trinajstić information content (AvgIpc) is 2.50. The van der Waals surface area contributed by atoms with Crippen LogP contribution in [0.1, 0.15) is 30.4 Å². The number of piperidine rings is 1. The molecular formula is C17H26INO2. The highest BCUT2D eigenvalue weighted by Crippen LogP contribution is 2.23. The molecule has 3 nitrogen and oxygen atoms in total. The van der Waals surface area contributed by atoms with E-state index in [1.165, 1.54) is 22.0 Å². The van der Waals surface area contributed by atoms with Crippen LogP contribution in [0.2, 0.25) is 0 Å². The van der Waals surface area contributed by atoms with Crippen LogP contribution >= 0.6 is 22.6 Å². The summed E-state index contributed by atoms with van der Waals surface area (Å²) in [6, 6.07) is 9.08. The van der Waals surface area contributed by atoms with Crippen molar-refractivity contribution in [1.29, 1.82) is 0 Å². The van der Waals surface area contributed by atoms with Crippen molar-refractivity contribution in [2.75, 3.05) is 25.1 Å². The maximum absolute atomic E-state index is 6.20. The van der Waals surface area contributed by atoms with Crippen molar-refractivity contribution in [2.45, 2.75) is 44.6 Å². The van der Waals surface area contributed by atoms with Gasteiger partial charge >= 0.3 is 0 Å². The van der Waals surface area contributed by atoms with Crippen LogP contribution in [0, 0.1) is 0 Å². The topological polar surface area (TPSA) is 21.7 Å². The van der Waals surface area contributed by atoms with Gasteiger partial charge in [-0.05, 0) is 37.4 Å². The van der Waals surface area contributed by atoms with Crippen LogP contribution < -0.4 is 0 Å². The summed E-state index contributed by atoms with van der Waals surface area (Å²) in [5.74, 6) is 0. The first-order chi connectivity index (χ1) is 10.2. The first kappa shape index (κ1) is 17.2. The Balaban J connectivity index is 1.88. The third-order valence-corrected chi connectivity index (χ3v) is 4.92. The molecule has 1 aliphatic heterocycles. The summed E-state index contributed by atoms with van der Waals surface area (Å²) in [6.07, 6.45) is 3.95. The standard InChI is InChI=1S/C17H26INO2/c1-19-10-8-17(11-16(19)7-9-18)21-13-15-6-4-3-5-14(15)12-20-2/h3-6,16-17H,7-13H2,1-2H3. The molecule has 0 aromatic heterocycles. The predicted molar refractivity (Wildman–Crippen MR) is 94.9 cm³/mol. The number of hydrogen-bond donors (Lipinski definition) is 0. The second-order valence-corrected chi connectivity index (χ2v) is 6.85. The molecule has 0 aliphatic carbocycles. The Labute approximate surface area is 142 Å². The Morgan fingerprint density at radius 1 is 1.24 bits per heavy atom. The van der Waals surface area contributed by atoms with E-state index >= 15 is 0 Å². The van der Waals surface area contributed by atoms with Gasteiger partial charge in [0.25, 0.3) is 0 Å². The van der Waals surface area contributed by atoms with Gasteiger partial charge in [0.15, 0.2) is 0 Å². The summed E-state index contributed by atoms with van der Waals surface area (Å²) in [4.78, 5) is 2.48. The van der Waals surface area contributed by atoms with E-state index in [9.17, 15) is 0 Å². The van der Waals surface area contributed by atoms with E-state index in [-0.39, 0.29) is 0 Å². The van der Waals surface area contributed by atoms with E-state index in [0.717, 1.165) is 19.4 Å². The van der Waals surface area contributed by atoms with Gasteiger partial charge in [-0.2, -0.15) is 0 Å². The second kappa shape index (κ2) is 9.08. The van der Waals surface area contributed by atoms with Gasteiger partial charge < -0.3 is 14.4 Å². The Morgan fingerprint density at radius 3 is 2.62 bits per heavy atom. The first-order valence-electron chi connectivity index (χ1n) is 7.68. The fourth-order valence-corrected chi connectivity index (χ4v) is 3.67. The molecule has 0 bridgehead atoms. The zero-order chi connectivity index (χ0) is 15.1. The van der Waals surface area contributed by atoms with Gasteiger partial charge in [-0.25, -0.2) is 0 Å². The normalized spacial score (nSPS) is 23.4. The molecule has 1 fully saturated rings. The number of ether oxygens (including phenoxy) is 2. The fraction of sp³-hybridized carbons (Fsp3) is 0.647. The van der Waals surface area contributed by atoms with Gasteiger partial charge in [0.05, 0.1) is 19.3 Å². The van der Waals surface area contributed by atoms with E-state index in [2.05, 4.69) is 58.8 Å². The molecule has 0 saturated carbocycles. The minimum Gasteiger partial charge on any atom is -0.380 e. The van der Waals surface area contributed by atoms with Crippen molar-refractivity contribution >= 4 is 22.6 Å². The smallest absolute Gasteiger partial charge is 0.0724 e. The van der Waals surface area contributed by atoms with Crippen LogP contribution in [0.5, 0.6) is 0 Å². The van der Waals surface area contributed by atoms with Crippen LogP contribution in [0.3, 0.4) is 0 Å². The van der Waals surface area contributed by atoms with Gasteiger partial charge in [0.2, 0.25) is 0 Å². The molecule has 118 valence electrons. The molecule has 0 amide bonds. The molecule has 1 aliphatic rings.